The number of fused-ring (bicyclic) bond motifs is 1. The van der Waals surface area contributed by atoms with Gasteiger partial charge in [0.25, 0.3) is 5.56 Å². The van der Waals surface area contributed by atoms with Crippen molar-refractivity contribution in [3.05, 3.63) is 136 Å². The van der Waals surface area contributed by atoms with E-state index in [1.54, 1.807) is 24.3 Å². The first kappa shape index (κ1) is 29.3. The summed E-state index contributed by atoms with van der Waals surface area (Å²) in [4.78, 5) is 57.9. The number of nitrogens with one attached hydrogen (secondary N) is 2. The number of methoxy groups -OCH3 is 1. The molecule has 0 aliphatic heterocycles. The first-order valence-corrected chi connectivity index (χ1v) is 14.3. The standard InChI is InChI=1S/C33H28N4O5S/c1-42-32(41)24-17-18-26-27(19-24)36-33(37(31(26)40)25-15-9-4-10-16-25)43-28(29(38)34-20-22-11-5-2-6-12-22)30(39)35-21-23-13-7-3-8-14-23/h2-19,28H,20-21H2,1H3,(H,34,38)(H,35,39). The van der Waals surface area contributed by atoms with Crippen molar-refractivity contribution in [2.24, 2.45) is 0 Å². The van der Waals surface area contributed by atoms with Crippen LogP contribution in [0, 0.1) is 0 Å². The van der Waals surface area contributed by atoms with Gasteiger partial charge in [0.05, 0.1) is 29.3 Å². The minimum absolute atomic E-state index is 0.112. The highest BCUT2D eigenvalue weighted by molar-refractivity contribution is 8.01. The molecule has 5 aromatic rings. The van der Waals surface area contributed by atoms with Crippen LogP contribution in [0.5, 0.6) is 0 Å². The van der Waals surface area contributed by atoms with Gasteiger partial charge in [0, 0.05) is 13.1 Å². The molecule has 5 rings (SSSR count). The maximum Gasteiger partial charge on any atom is 0.337 e. The van der Waals surface area contributed by atoms with Crippen molar-refractivity contribution in [2.45, 2.75) is 23.5 Å². The first-order valence-electron chi connectivity index (χ1n) is 13.4. The molecule has 2 amide bonds. The number of aromatic nitrogens is 2. The van der Waals surface area contributed by atoms with Gasteiger partial charge in [-0.2, -0.15) is 0 Å². The van der Waals surface area contributed by atoms with Crippen LogP contribution >= 0.6 is 11.8 Å². The first-order chi connectivity index (χ1) is 20.9. The van der Waals surface area contributed by atoms with Gasteiger partial charge in [0.1, 0.15) is 0 Å². The molecular formula is C33H28N4O5S. The Bertz CT molecular complexity index is 1760. The number of carbonyl (C=O) groups excluding carboxylic acids is 3. The zero-order valence-electron chi connectivity index (χ0n) is 23.2. The number of benzene rings is 4. The van der Waals surface area contributed by atoms with E-state index in [0.717, 1.165) is 22.9 Å². The van der Waals surface area contributed by atoms with Crippen LogP contribution in [0.3, 0.4) is 0 Å². The van der Waals surface area contributed by atoms with Crippen molar-refractivity contribution in [3.8, 4) is 5.69 Å². The van der Waals surface area contributed by atoms with Gasteiger partial charge in [-0.15, -0.1) is 0 Å². The molecule has 0 unspecified atom stereocenters. The van der Waals surface area contributed by atoms with Crippen molar-refractivity contribution in [2.75, 3.05) is 7.11 Å². The lowest BCUT2D eigenvalue weighted by atomic mass is 10.1. The Kier molecular flexibility index (Phi) is 9.28. The van der Waals surface area contributed by atoms with Crippen molar-refractivity contribution in [1.82, 2.24) is 20.2 Å². The Morgan fingerprint density at radius 3 is 1.86 bits per heavy atom. The fraction of sp³-hybridized carbons (Fsp3) is 0.121. The molecule has 0 bridgehead atoms. The molecule has 0 aliphatic rings. The van der Waals surface area contributed by atoms with Crippen molar-refractivity contribution >= 4 is 40.4 Å². The molecule has 1 heterocycles. The van der Waals surface area contributed by atoms with Crippen LogP contribution in [-0.4, -0.2) is 39.7 Å². The average Bonchev–Trinajstić information content (AvgIpc) is 3.05. The summed E-state index contributed by atoms with van der Waals surface area (Å²) < 4.78 is 6.20. The predicted molar refractivity (Wildman–Crippen MR) is 165 cm³/mol. The van der Waals surface area contributed by atoms with Crippen LogP contribution < -0.4 is 16.2 Å². The van der Waals surface area contributed by atoms with Gasteiger partial charge in [0.2, 0.25) is 11.8 Å². The molecule has 10 heteroatoms. The quantitative estimate of drug-likeness (QED) is 0.108. The minimum Gasteiger partial charge on any atom is -0.465 e. The number of carbonyl (C=O) groups is 3. The van der Waals surface area contributed by atoms with Gasteiger partial charge >= 0.3 is 5.97 Å². The molecule has 0 spiro atoms. The van der Waals surface area contributed by atoms with E-state index in [-0.39, 0.29) is 34.7 Å². The molecule has 216 valence electrons. The summed E-state index contributed by atoms with van der Waals surface area (Å²) in [5, 5.41) is 4.77. The lowest BCUT2D eigenvalue weighted by molar-refractivity contribution is -0.128. The second kappa shape index (κ2) is 13.6. The molecule has 43 heavy (non-hydrogen) atoms. The number of ether oxygens (including phenoxy) is 1. The molecule has 0 saturated heterocycles. The van der Waals surface area contributed by atoms with Crippen LogP contribution in [0.1, 0.15) is 21.5 Å². The molecule has 0 aliphatic carbocycles. The number of thioether (sulfide) groups is 1. The summed E-state index contributed by atoms with van der Waals surface area (Å²) in [5.41, 5.74) is 2.27. The van der Waals surface area contributed by atoms with Gasteiger partial charge in [-0.05, 0) is 41.5 Å². The number of amides is 2. The van der Waals surface area contributed by atoms with Crippen LogP contribution in [0.15, 0.2) is 119 Å². The molecule has 0 atom stereocenters. The molecule has 9 nitrogen and oxygen atoms in total. The number of para-hydroxylation sites is 1. The van der Waals surface area contributed by atoms with E-state index in [2.05, 4.69) is 15.6 Å². The molecule has 0 fully saturated rings. The Labute approximate surface area is 251 Å². The Balaban J connectivity index is 1.55. The van der Waals surface area contributed by atoms with Crippen molar-refractivity contribution in [3.63, 3.8) is 0 Å². The van der Waals surface area contributed by atoms with Gasteiger partial charge in [-0.25, -0.2) is 9.78 Å². The SMILES string of the molecule is COC(=O)c1ccc2c(=O)n(-c3ccccc3)c(SC(C(=O)NCc3ccccc3)C(=O)NCc3ccccc3)nc2c1. The van der Waals surface area contributed by atoms with E-state index in [1.165, 1.54) is 29.9 Å². The fourth-order valence-electron chi connectivity index (χ4n) is 4.38. The largest absolute Gasteiger partial charge is 0.465 e. The van der Waals surface area contributed by atoms with Crippen molar-refractivity contribution < 1.29 is 19.1 Å². The molecule has 4 aromatic carbocycles. The zero-order valence-corrected chi connectivity index (χ0v) is 24.0. The molecule has 2 N–H and O–H groups in total. The molecule has 1 aromatic heterocycles. The number of nitrogens with zero attached hydrogens (tertiary/aromatic N) is 2. The molecule has 0 saturated carbocycles. The van der Waals surface area contributed by atoms with Gasteiger partial charge in [-0.1, -0.05) is 90.6 Å². The summed E-state index contributed by atoms with van der Waals surface area (Å²) >= 11 is 0.857. The Morgan fingerprint density at radius 2 is 1.33 bits per heavy atom. The van der Waals surface area contributed by atoms with Gasteiger partial charge < -0.3 is 15.4 Å². The highest BCUT2D eigenvalue weighted by Crippen LogP contribution is 2.26. The number of hydrogen-bond donors (Lipinski definition) is 2. The second-order valence-corrected chi connectivity index (χ2v) is 10.6. The molecule has 0 radical (unpaired) electrons. The number of esters is 1. The summed E-state index contributed by atoms with van der Waals surface area (Å²) in [7, 11) is 1.27. The lowest BCUT2D eigenvalue weighted by Crippen LogP contribution is -2.43. The van der Waals surface area contributed by atoms with E-state index in [1.807, 2.05) is 66.7 Å². The monoisotopic (exact) mass is 592 g/mol. The third-order valence-corrected chi connectivity index (χ3v) is 7.74. The fourth-order valence-corrected chi connectivity index (χ4v) is 5.42. The van der Waals surface area contributed by atoms with Crippen LogP contribution in [-0.2, 0) is 27.4 Å². The maximum absolute atomic E-state index is 13.8. The second-order valence-electron chi connectivity index (χ2n) is 9.50. The van der Waals surface area contributed by atoms with E-state index in [9.17, 15) is 19.2 Å². The highest BCUT2D eigenvalue weighted by atomic mass is 32.2. The summed E-state index contributed by atoms with van der Waals surface area (Å²) in [6.07, 6.45) is 0. The summed E-state index contributed by atoms with van der Waals surface area (Å²) in [6.45, 7) is 0.420. The van der Waals surface area contributed by atoms with Crippen LogP contribution in [0.25, 0.3) is 16.6 Å². The number of rotatable bonds is 10. The summed E-state index contributed by atoms with van der Waals surface area (Å²) in [5.74, 6) is -1.67. The Hall–Kier alpha value is -5.22. The van der Waals surface area contributed by atoms with Gasteiger partial charge in [-0.3, -0.25) is 19.0 Å². The third kappa shape index (κ3) is 6.99. The van der Waals surface area contributed by atoms with Crippen molar-refractivity contribution in [1.29, 1.82) is 0 Å². The smallest absolute Gasteiger partial charge is 0.337 e. The minimum atomic E-state index is -1.30. The van der Waals surface area contributed by atoms with E-state index in [4.69, 9.17) is 4.74 Å². The Morgan fingerprint density at radius 1 is 0.791 bits per heavy atom. The van der Waals surface area contributed by atoms with E-state index < -0.39 is 28.6 Å². The topological polar surface area (TPSA) is 119 Å². The van der Waals surface area contributed by atoms with Crippen LogP contribution in [0.4, 0.5) is 0 Å². The lowest BCUT2D eigenvalue weighted by Gasteiger charge is -2.19. The van der Waals surface area contributed by atoms with Crippen LogP contribution in [0.2, 0.25) is 0 Å². The summed E-state index contributed by atoms with van der Waals surface area (Å²) in [6, 6.07) is 32.0. The maximum atomic E-state index is 13.8. The normalized spacial score (nSPS) is 10.8. The van der Waals surface area contributed by atoms with E-state index in [0.29, 0.717) is 5.69 Å². The van der Waals surface area contributed by atoms with Gasteiger partial charge in [0.15, 0.2) is 10.4 Å². The molecular weight excluding hydrogens is 564 g/mol. The number of hydrogen-bond acceptors (Lipinski definition) is 7. The third-order valence-electron chi connectivity index (χ3n) is 6.59. The average molecular weight is 593 g/mol. The predicted octanol–water partition coefficient (Wildman–Crippen LogP) is 4.27. The van der Waals surface area contributed by atoms with E-state index >= 15 is 0 Å². The highest BCUT2D eigenvalue weighted by Gasteiger charge is 2.30. The zero-order chi connectivity index (χ0) is 30.2.